The van der Waals surface area contributed by atoms with Gasteiger partial charge in [0.2, 0.25) is 0 Å². The average molecular weight is 245 g/mol. The van der Waals surface area contributed by atoms with Gasteiger partial charge in [0.05, 0.1) is 18.2 Å². The number of para-hydroxylation sites is 1. The molecule has 0 unspecified atom stereocenters. The summed E-state index contributed by atoms with van der Waals surface area (Å²) in [7, 11) is 0. The number of anilines is 1. The van der Waals surface area contributed by atoms with Gasteiger partial charge in [-0.2, -0.15) is 0 Å². The van der Waals surface area contributed by atoms with Crippen molar-refractivity contribution >= 4 is 17.6 Å². The second-order valence-corrected chi connectivity index (χ2v) is 3.69. The van der Waals surface area contributed by atoms with Gasteiger partial charge in [0.1, 0.15) is 6.26 Å². The van der Waals surface area contributed by atoms with Crippen LogP contribution in [0.1, 0.15) is 15.9 Å². The Hall–Kier alpha value is -2.56. The number of rotatable bonds is 4. The number of hydrogen-bond donors (Lipinski definition) is 2. The SMILES string of the molecule is O=C(O)Cc1ccccc1NC(=O)c1ccoc1. The number of aliphatic carboxylic acids is 1. The van der Waals surface area contributed by atoms with Gasteiger partial charge in [-0.05, 0) is 17.7 Å². The van der Waals surface area contributed by atoms with E-state index in [-0.39, 0.29) is 12.3 Å². The quantitative estimate of drug-likeness (QED) is 0.865. The van der Waals surface area contributed by atoms with Crippen LogP contribution in [-0.4, -0.2) is 17.0 Å². The van der Waals surface area contributed by atoms with E-state index in [2.05, 4.69) is 5.32 Å². The van der Waals surface area contributed by atoms with Crippen LogP contribution in [0, 0.1) is 0 Å². The van der Waals surface area contributed by atoms with E-state index < -0.39 is 5.97 Å². The molecule has 1 aromatic carbocycles. The maximum Gasteiger partial charge on any atom is 0.307 e. The van der Waals surface area contributed by atoms with E-state index in [4.69, 9.17) is 9.52 Å². The Kier molecular flexibility index (Phi) is 3.43. The fourth-order valence-corrected chi connectivity index (χ4v) is 1.55. The molecule has 0 atom stereocenters. The first-order chi connectivity index (χ1) is 8.66. The minimum atomic E-state index is -0.944. The first-order valence-corrected chi connectivity index (χ1v) is 5.30. The molecule has 0 aliphatic heterocycles. The summed E-state index contributed by atoms with van der Waals surface area (Å²) in [5.74, 6) is -1.28. The van der Waals surface area contributed by atoms with Crippen LogP contribution in [0.5, 0.6) is 0 Å². The van der Waals surface area contributed by atoms with Crippen molar-refractivity contribution in [2.24, 2.45) is 0 Å². The smallest absolute Gasteiger partial charge is 0.307 e. The summed E-state index contributed by atoms with van der Waals surface area (Å²) < 4.78 is 4.81. The van der Waals surface area contributed by atoms with E-state index in [1.807, 2.05) is 0 Å². The van der Waals surface area contributed by atoms with E-state index >= 15 is 0 Å². The topological polar surface area (TPSA) is 79.5 Å². The molecule has 92 valence electrons. The molecule has 0 saturated heterocycles. The van der Waals surface area contributed by atoms with Gasteiger partial charge in [-0.15, -0.1) is 0 Å². The highest BCUT2D eigenvalue weighted by Gasteiger charge is 2.11. The first kappa shape index (κ1) is 11.9. The summed E-state index contributed by atoms with van der Waals surface area (Å²) in [5, 5.41) is 11.4. The van der Waals surface area contributed by atoms with Gasteiger partial charge in [-0.1, -0.05) is 18.2 Å². The molecule has 0 aliphatic rings. The lowest BCUT2D eigenvalue weighted by molar-refractivity contribution is -0.136. The average Bonchev–Trinajstić information content (AvgIpc) is 2.84. The standard InChI is InChI=1S/C13H11NO4/c15-12(16)7-9-3-1-2-4-11(9)14-13(17)10-5-6-18-8-10/h1-6,8H,7H2,(H,14,17)(H,15,16). The summed E-state index contributed by atoms with van der Waals surface area (Å²) in [6.07, 6.45) is 2.59. The Balaban J connectivity index is 2.18. The van der Waals surface area contributed by atoms with Crippen LogP contribution >= 0.6 is 0 Å². The van der Waals surface area contributed by atoms with Crippen LogP contribution in [0.15, 0.2) is 47.3 Å². The van der Waals surface area contributed by atoms with Crippen LogP contribution in [0.4, 0.5) is 5.69 Å². The van der Waals surface area contributed by atoms with Crippen LogP contribution in [-0.2, 0) is 11.2 Å². The van der Waals surface area contributed by atoms with Gasteiger partial charge in [-0.3, -0.25) is 9.59 Å². The summed E-state index contributed by atoms with van der Waals surface area (Å²) in [6.45, 7) is 0. The van der Waals surface area contributed by atoms with Crippen molar-refractivity contribution in [3.63, 3.8) is 0 Å². The lowest BCUT2D eigenvalue weighted by Gasteiger charge is -2.08. The number of nitrogens with one attached hydrogen (secondary N) is 1. The molecular formula is C13H11NO4. The highest BCUT2D eigenvalue weighted by molar-refractivity contribution is 6.04. The van der Waals surface area contributed by atoms with Crippen molar-refractivity contribution in [3.8, 4) is 0 Å². The van der Waals surface area contributed by atoms with E-state index in [1.165, 1.54) is 18.6 Å². The third-order valence-electron chi connectivity index (χ3n) is 2.39. The molecular weight excluding hydrogens is 234 g/mol. The molecule has 0 spiro atoms. The van der Waals surface area contributed by atoms with E-state index in [0.717, 1.165) is 0 Å². The maximum absolute atomic E-state index is 11.8. The molecule has 2 aromatic rings. The summed E-state index contributed by atoms with van der Waals surface area (Å²) in [6, 6.07) is 8.33. The first-order valence-electron chi connectivity index (χ1n) is 5.30. The number of amides is 1. The molecule has 5 heteroatoms. The third-order valence-corrected chi connectivity index (χ3v) is 2.39. The molecule has 0 radical (unpaired) electrons. The second-order valence-electron chi connectivity index (χ2n) is 3.69. The molecule has 1 heterocycles. The molecule has 0 saturated carbocycles. The molecule has 0 aliphatic carbocycles. The number of furan rings is 1. The lowest BCUT2D eigenvalue weighted by Crippen LogP contribution is -2.13. The van der Waals surface area contributed by atoms with Gasteiger partial charge in [0, 0.05) is 5.69 Å². The highest BCUT2D eigenvalue weighted by atomic mass is 16.4. The highest BCUT2D eigenvalue weighted by Crippen LogP contribution is 2.17. The predicted molar refractivity (Wildman–Crippen MR) is 64.4 cm³/mol. The van der Waals surface area contributed by atoms with Crippen molar-refractivity contribution in [2.45, 2.75) is 6.42 Å². The molecule has 0 bridgehead atoms. The van der Waals surface area contributed by atoms with Crippen molar-refractivity contribution in [1.29, 1.82) is 0 Å². The normalized spacial score (nSPS) is 10.0. The Morgan fingerprint density at radius 3 is 2.67 bits per heavy atom. The van der Waals surface area contributed by atoms with Gasteiger partial charge < -0.3 is 14.8 Å². The summed E-state index contributed by atoms with van der Waals surface area (Å²) in [4.78, 5) is 22.5. The predicted octanol–water partition coefficient (Wildman–Crippen LogP) is 2.16. The largest absolute Gasteiger partial charge is 0.481 e. The molecule has 1 amide bonds. The molecule has 1 aromatic heterocycles. The number of carbonyl (C=O) groups excluding carboxylic acids is 1. The maximum atomic E-state index is 11.8. The van der Waals surface area contributed by atoms with Crippen LogP contribution in [0.25, 0.3) is 0 Å². The second kappa shape index (κ2) is 5.18. The van der Waals surface area contributed by atoms with Gasteiger partial charge in [0.25, 0.3) is 5.91 Å². The van der Waals surface area contributed by atoms with Crippen molar-refractivity contribution < 1.29 is 19.1 Å². The van der Waals surface area contributed by atoms with Crippen LogP contribution < -0.4 is 5.32 Å². The Labute approximate surface area is 103 Å². The minimum Gasteiger partial charge on any atom is -0.481 e. The van der Waals surface area contributed by atoms with Gasteiger partial charge in [-0.25, -0.2) is 0 Å². The Morgan fingerprint density at radius 2 is 2.00 bits per heavy atom. The summed E-state index contributed by atoms with van der Waals surface area (Å²) >= 11 is 0. The van der Waals surface area contributed by atoms with E-state index in [1.54, 1.807) is 24.3 Å². The molecule has 5 nitrogen and oxygen atoms in total. The van der Waals surface area contributed by atoms with Crippen LogP contribution in [0.3, 0.4) is 0 Å². The van der Waals surface area contributed by atoms with Crippen molar-refractivity contribution in [1.82, 2.24) is 0 Å². The zero-order valence-corrected chi connectivity index (χ0v) is 9.42. The fourth-order valence-electron chi connectivity index (χ4n) is 1.55. The minimum absolute atomic E-state index is 0.137. The fraction of sp³-hybridized carbons (Fsp3) is 0.0769. The monoisotopic (exact) mass is 245 g/mol. The van der Waals surface area contributed by atoms with E-state index in [0.29, 0.717) is 16.8 Å². The Bertz CT molecular complexity index is 560. The van der Waals surface area contributed by atoms with Crippen molar-refractivity contribution in [2.75, 3.05) is 5.32 Å². The van der Waals surface area contributed by atoms with Gasteiger partial charge in [0.15, 0.2) is 0 Å². The number of hydrogen-bond acceptors (Lipinski definition) is 3. The lowest BCUT2D eigenvalue weighted by atomic mass is 10.1. The van der Waals surface area contributed by atoms with Crippen LogP contribution in [0.2, 0.25) is 0 Å². The van der Waals surface area contributed by atoms with Crippen molar-refractivity contribution in [3.05, 3.63) is 54.0 Å². The number of benzene rings is 1. The molecule has 18 heavy (non-hydrogen) atoms. The zero-order chi connectivity index (χ0) is 13.0. The number of carboxylic acids is 1. The molecule has 0 fully saturated rings. The molecule has 2 rings (SSSR count). The number of carbonyl (C=O) groups is 2. The third kappa shape index (κ3) is 2.76. The Morgan fingerprint density at radius 1 is 1.22 bits per heavy atom. The summed E-state index contributed by atoms with van der Waals surface area (Å²) in [5.41, 5.74) is 1.44. The van der Waals surface area contributed by atoms with E-state index in [9.17, 15) is 9.59 Å². The van der Waals surface area contributed by atoms with Gasteiger partial charge >= 0.3 is 5.97 Å². The zero-order valence-electron chi connectivity index (χ0n) is 9.42. The number of carboxylic acid groups (broad SMARTS) is 1. The molecule has 2 N–H and O–H groups in total.